The number of nitriles is 1. The van der Waals surface area contributed by atoms with Crippen molar-refractivity contribution >= 4 is 10.9 Å². The van der Waals surface area contributed by atoms with E-state index in [9.17, 15) is 0 Å². The van der Waals surface area contributed by atoms with Gasteiger partial charge in [0.05, 0.1) is 11.7 Å². The van der Waals surface area contributed by atoms with Crippen LogP contribution in [0.15, 0.2) is 42.7 Å². The molecule has 1 aromatic carbocycles. The van der Waals surface area contributed by atoms with Crippen LogP contribution in [-0.4, -0.2) is 15.2 Å². The van der Waals surface area contributed by atoms with Gasteiger partial charge in [-0.25, -0.2) is 4.98 Å². The largest absolute Gasteiger partial charge is 0.438 e. The molecule has 18 heavy (non-hydrogen) atoms. The van der Waals surface area contributed by atoms with E-state index in [4.69, 9.17) is 10.00 Å². The third-order valence-electron chi connectivity index (χ3n) is 2.52. The van der Waals surface area contributed by atoms with Crippen LogP contribution in [0.1, 0.15) is 5.56 Å². The Morgan fingerprint density at radius 1 is 1.28 bits per heavy atom. The predicted molar refractivity (Wildman–Crippen MR) is 65.1 cm³/mol. The fourth-order valence-electron chi connectivity index (χ4n) is 1.65. The van der Waals surface area contributed by atoms with Crippen molar-refractivity contribution < 1.29 is 4.74 Å². The van der Waals surface area contributed by atoms with Gasteiger partial charge in [0.25, 0.3) is 0 Å². The van der Waals surface area contributed by atoms with Crippen molar-refractivity contribution in [2.24, 2.45) is 0 Å². The molecule has 5 heteroatoms. The van der Waals surface area contributed by atoms with Crippen molar-refractivity contribution in [3.8, 4) is 17.7 Å². The lowest BCUT2D eigenvalue weighted by molar-refractivity contribution is 0.462. The van der Waals surface area contributed by atoms with Crippen LogP contribution in [-0.2, 0) is 0 Å². The van der Waals surface area contributed by atoms with Gasteiger partial charge in [0, 0.05) is 11.6 Å². The van der Waals surface area contributed by atoms with Gasteiger partial charge in [-0.05, 0) is 30.3 Å². The van der Waals surface area contributed by atoms with E-state index in [0.29, 0.717) is 17.2 Å². The summed E-state index contributed by atoms with van der Waals surface area (Å²) in [6, 6.07) is 10.9. The van der Waals surface area contributed by atoms with E-state index in [1.165, 1.54) is 0 Å². The van der Waals surface area contributed by atoms with Gasteiger partial charge in [0.1, 0.15) is 17.4 Å². The van der Waals surface area contributed by atoms with Gasteiger partial charge in [-0.1, -0.05) is 0 Å². The SMILES string of the molecule is N#Cc1cccnc1Oc1ccc2[nH]ncc2c1. The Morgan fingerprint density at radius 2 is 2.22 bits per heavy atom. The van der Waals surface area contributed by atoms with Crippen LogP contribution in [0, 0.1) is 11.3 Å². The zero-order chi connectivity index (χ0) is 12.4. The molecular formula is C13H8N4O. The number of ether oxygens (including phenoxy) is 1. The maximum absolute atomic E-state index is 8.95. The van der Waals surface area contributed by atoms with Gasteiger partial charge >= 0.3 is 0 Å². The summed E-state index contributed by atoms with van der Waals surface area (Å²) in [7, 11) is 0. The van der Waals surface area contributed by atoms with E-state index in [2.05, 4.69) is 15.2 Å². The number of fused-ring (bicyclic) bond motifs is 1. The Morgan fingerprint density at radius 3 is 3.11 bits per heavy atom. The molecule has 0 fully saturated rings. The zero-order valence-electron chi connectivity index (χ0n) is 9.29. The van der Waals surface area contributed by atoms with Crippen molar-refractivity contribution in [3.05, 3.63) is 48.3 Å². The Bertz CT molecular complexity index is 742. The summed E-state index contributed by atoms with van der Waals surface area (Å²) >= 11 is 0. The van der Waals surface area contributed by atoms with Crippen molar-refractivity contribution in [2.75, 3.05) is 0 Å². The first kappa shape index (κ1) is 10.3. The molecule has 0 saturated carbocycles. The first-order chi connectivity index (χ1) is 8.86. The minimum Gasteiger partial charge on any atom is -0.438 e. The van der Waals surface area contributed by atoms with Crippen LogP contribution in [0.2, 0.25) is 0 Å². The smallest absolute Gasteiger partial charge is 0.237 e. The van der Waals surface area contributed by atoms with Gasteiger partial charge in [0.2, 0.25) is 5.88 Å². The third kappa shape index (κ3) is 1.76. The molecule has 1 N–H and O–H groups in total. The normalized spacial score (nSPS) is 10.2. The molecule has 0 unspecified atom stereocenters. The standard InChI is InChI=1S/C13H8N4O/c14-7-9-2-1-5-15-13(9)18-11-3-4-12-10(6-11)8-16-17-12/h1-6,8H,(H,16,17). The first-order valence-electron chi connectivity index (χ1n) is 5.33. The molecule has 5 nitrogen and oxygen atoms in total. The molecule has 2 aromatic heterocycles. The summed E-state index contributed by atoms with van der Waals surface area (Å²) < 4.78 is 5.60. The molecule has 0 amide bonds. The quantitative estimate of drug-likeness (QED) is 0.742. The highest BCUT2D eigenvalue weighted by molar-refractivity contribution is 5.79. The highest BCUT2D eigenvalue weighted by Gasteiger charge is 2.06. The molecule has 0 bridgehead atoms. The number of pyridine rings is 1. The number of hydrogen-bond donors (Lipinski definition) is 1. The molecule has 0 aliphatic rings. The lowest BCUT2D eigenvalue weighted by Gasteiger charge is -2.05. The summed E-state index contributed by atoms with van der Waals surface area (Å²) in [5.74, 6) is 0.932. The summed E-state index contributed by atoms with van der Waals surface area (Å²) in [5, 5.41) is 16.7. The molecule has 86 valence electrons. The number of aromatic nitrogens is 3. The molecule has 2 heterocycles. The molecule has 0 spiro atoms. The molecule has 3 aromatic rings. The fraction of sp³-hybridized carbons (Fsp3) is 0. The van der Waals surface area contributed by atoms with E-state index < -0.39 is 0 Å². The average Bonchev–Trinajstić information content (AvgIpc) is 2.87. The van der Waals surface area contributed by atoms with Crippen molar-refractivity contribution in [3.63, 3.8) is 0 Å². The Kier molecular flexibility index (Phi) is 2.39. The topological polar surface area (TPSA) is 74.6 Å². The van der Waals surface area contributed by atoms with E-state index in [1.807, 2.05) is 18.2 Å². The van der Waals surface area contributed by atoms with E-state index >= 15 is 0 Å². The summed E-state index contributed by atoms with van der Waals surface area (Å²) in [4.78, 5) is 4.04. The zero-order valence-corrected chi connectivity index (χ0v) is 9.29. The second-order valence-electron chi connectivity index (χ2n) is 3.69. The minimum absolute atomic E-state index is 0.308. The van der Waals surface area contributed by atoms with E-state index in [-0.39, 0.29) is 0 Å². The Hall–Kier alpha value is -2.87. The number of rotatable bonds is 2. The second-order valence-corrected chi connectivity index (χ2v) is 3.69. The maximum atomic E-state index is 8.95. The molecule has 0 radical (unpaired) electrons. The molecular weight excluding hydrogens is 228 g/mol. The predicted octanol–water partition coefficient (Wildman–Crippen LogP) is 2.62. The third-order valence-corrected chi connectivity index (χ3v) is 2.52. The lowest BCUT2D eigenvalue weighted by Crippen LogP contribution is -1.90. The highest BCUT2D eigenvalue weighted by atomic mass is 16.5. The van der Waals surface area contributed by atoms with Crippen molar-refractivity contribution in [2.45, 2.75) is 0 Å². The van der Waals surface area contributed by atoms with E-state index in [0.717, 1.165) is 10.9 Å². The van der Waals surface area contributed by atoms with Crippen LogP contribution in [0.5, 0.6) is 11.6 Å². The molecule has 0 atom stereocenters. The van der Waals surface area contributed by atoms with Crippen LogP contribution in [0.4, 0.5) is 0 Å². The van der Waals surface area contributed by atoms with Gasteiger partial charge < -0.3 is 4.74 Å². The number of benzene rings is 1. The minimum atomic E-state index is 0.308. The van der Waals surface area contributed by atoms with Crippen LogP contribution < -0.4 is 4.74 Å². The lowest BCUT2D eigenvalue weighted by atomic mass is 10.2. The number of H-pyrrole nitrogens is 1. The highest BCUT2D eigenvalue weighted by Crippen LogP contribution is 2.25. The summed E-state index contributed by atoms with van der Waals surface area (Å²) in [6.07, 6.45) is 3.30. The Labute approximate surface area is 103 Å². The molecule has 0 aliphatic carbocycles. The fourth-order valence-corrected chi connectivity index (χ4v) is 1.65. The van der Waals surface area contributed by atoms with Gasteiger partial charge in [0.15, 0.2) is 0 Å². The number of nitrogens with zero attached hydrogens (tertiary/aromatic N) is 3. The molecule has 0 saturated heterocycles. The molecule has 0 aliphatic heterocycles. The van der Waals surface area contributed by atoms with Crippen LogP contribution >= 0.6 is 0 Å². The van der Waals surface area contributed by atoms with Gasteiger partial charge in [-0.15, -0.1) is 0 Å². The van der Waals surface area contributed by atoms with Crippen molar-refractivity contribution in [1.82, 2.24) is 15.2 Å². The Balaban J connectivity index is 1.98. The number of nitrogens with one attached hydrogen (secondary N) is 1. The van der Waals surface area contributed by atoms with E-state index in [1.54, 1.807) is 30.6 Å². The van der Waals surface area contributed by atoms with Gasteiger partial charge in [-0.3, -0.25) is 5.10 Å². The summed E-state index contributed by atoms with van der Waals surface area (Å²) in [6.45, 7) is 0. The molecule has 3 rings (SSSR count). The van der Waals surface area contributed by atoms with Gasteiger partial charge in [-0.2, -0.15) is 10.4 Å². The second kappa shape index (κ2) is 4.18. The average molecular weight is 236 g/mol. The van der Waals surface area contributed by atoms with Crippen LogP contribution in [0.25, 0.3) is 10.9 Å². The summed E-state index contributed by atoms with van der Waals surface area (Å²) in [5.41, 5.74) is 1.34. The first-order valence-corrected chi connectivity index (χ1v) is 5.33. The monoisotopic (exact) mass is 236 g/mol. The number of hydrogen-bond acceptors (Lipinski definition) is 4. The maximum Gasteiger partial charge on any atom is 0.237 e. The van der Waals surface area contributed by atoms with Crippen molar-refractivity contribution in [1.29, 1.82) is 5.26 Å². The van der Waals surface area contributed by atoms with Crippen LogP contribution in [0.3, 0.4) is 0 Å². The number of aromatic amines is 1.